The highest BCUT2D eigenvalue weighted by Crippen LogP contribution is 2.32. The quantitative estimate of drug-likeness (QED) is 0.397. The number of hydrogen-bond acceptors (Lipinski definition) is 4. The standard InChI is InChI=1S/C17H15FN2OS2/c1-10(2)8-23-17-19-15-14(16(21)20(17)3)13(9-22-15)11-4-6-12(18)7-5-11/h4-7,9H,1,8H2,2-3H3. The van der Waals surface area contributed by atoms with E-state index < -0.39 is 0 Å². The van der Waals surface area contributed by atoms with Gasteiger partial charge in [-0.2, -0.15) is 0 Å². The summed E-state index contributed by atoms with van der Waals surface area (Å²) in [6.07, 6.45) is 0. The number of thiophene rings is 1. The maximum Gasteiger partial charge on any atom is 0.263 e. The van der Waals surface area contributed by atoms with Gasteiger partial charge >= 0.3 is 0 Å². The molecule has 0 unspecified atom stereocenters. The van der Waals surface area contributed by atoms with Crippen LogP contribution in [0.5, 0.6) is 0 Å². The molecule has 3 rings (SSSR count). The topological polar surface area (TPSA) is 34.9 Å². The maximum absolute atomic E-state index is 13.1. The molecular formula is C17H15FN2OS2. The number of aromatic nitrogens is 2. The van der Waals surface area contributed by atoms with E-state index in [1.165, 1.54) is 35.2 Å². The van der Waals surface area contributed by atoms with E-state index >= 15 is 0 Å². The normalized spacial score (nSPS) is 11.1. The molecule has 2 heterocycles. The van der Waals surface area contributed by atoms with E-state index in [0.29, 0.717) is 15.4 Å². The van der Waals surface area contributed by atoms with E-state index in [1.54, 1.807) is 23.7 Å². The molecule has 1 aromatic carbocycles. The molecule has 0 fully saturated rings. The van der Waals surface area contributed by atoms with Gasteiger partial charge in [0.15, 0.2) is 5.16 Å². The second kappa shape index (κ2) is 6.29. The van der Waals surface area contributed by atoms with E-state index in [2.05, 4.69) is 11.6 Å². The monoisotopic (exact) mass is 346 g/mol. The Morgan fingerprint density at radius 2 is 2.09 bits per heavy atom. The molecule has 0 saturated carbocycles. The molecule has 0 atom stereocenters. The predicted molar refractivity (Wildman–Crippen MR) is 95.8 cm³/mol. The number of hydrogen-bond donors (Lipinski definition) is 0. The first-order valence-electron chi connectivity index (χ1n) is 6.98. The Hall–Kier alpha value is -1.92. The molecule has 0 spiro atoms. The summed E-state index contributed by atoms with van der Waals surface area (Å²) in [6, 6.07) is 6.15. The molecule has 0 radical (unpaired) electrons. The molecule has 0 N–H and O–H groups in total. The number of nitrogens with zero attached hydrogens (tertiary/aromatic N) is 2. The van der Waals surface area contributed by atoms with Crippen molar-refractivity contribution in [2.45, 2.75) is 12.1 Å². The molecule has 3 aromatic rings. The van der Waals surface area contributed by atoms with E-state index in [9.17, 15) is 9.18 Å². The molecule has 23 heavy (non-hydrogen) atoms. The fourth-order valence-corrected chi connectivity index (χ4v) is 4.02. The van der Waals surface area contributed by atoms with Gasteiger partial charge in [0, 0.05) is 23.7 Å². The van der Waals surface area contributed by atoms with Gasteiger partial charge in [-0.25, -0.2) is 9.37 Å². The first-order chi connectivity index (χ1) is 11.0. The Balaban J connectivity index is 2.14. The number of fused-ring (bicyclic) bond motifs is 1. The van der Waals surface area contributed by atoms with E-state index in [4.69, 9.17) is 0 Å². The third-order valence-corrected chi connectivity index (χ3v) is 5.51. The highest BCUT2D eigenvalue weighted by Gasteiger charge is 2.15. The number of rotatable bonds is 4. The molecule has 3 nitrogen and oxygen atoms in total. The van der Waals surface area contributed by atoms with Crippen molar-refractivity contribution in [3.05, 3.63) is 58.0 Å². The number of thioether (sulfide) groups is 1. The lowest BCUT2D eigenvalue weighted by molar-refractivity contribution is 0.628. The second-order valence-electron chi connectivity index (χ2n) is 5.34. The van der Waals surface area contributed by atoms with Crippen LogP contribution in [0.1, 0.15) is 6.92 Å². The van der Waals surface area contributed by atoms with E-state index in [1.807, 2.05) is 12.3 Å². The fraction of sp³-hybridized carbons (Fsp3) is 0.176. The summed E-state index contributed by atoms with van der Waals surface area (Å²) in [5.74, 6) is 0.430. The first kappa shape index (κ1) is 16.0. The van der Waals surface area contributed by atoms with Crippen molar-refractivity contribution in [2.24, 2.45) is 7.05 Å². The van der Waals surface area contributed by atoms with Crippen molar-refractivity contribution < 1.29 is 4.39 Å². The van der Waals surface area contributed by atoms with E-state index in [0.717, 1.165) is 22.5 Å². The largest absolute Gasteiger partial charge is 0.290 e. The Bertz CT molecular complexity index is 942. The zero-order valence-electron chi connectivity index (χ0n) is 12.8. The lowest BCUT2D eigenvalue weighted by Crippen LogP contribution is -2.19. The Morgan fingerprint density at radius 3 is 2.74 bits per heavy atom. The zero-order chi connectivity index (χ0) is 16.6. The average molecular weight is 346 g/mol. The smallest absolute Gasteiger partial charge is 0.263 e. The third kappa shape index (κ3) is 3.09. The van der Waals surface area contributed by atoms with Crippen LogP contribution >= 0.6 is 23.1 Å². The minimum atomic E-state index is -0.294. The van der Waals surface area contributed by atoms with Gasteiger partial charge in [-0.05, 0) is 24.6 Å². The predicted octanol–water partition coefficient (Wildman–Crippen LogP) is 4.47. The van der Waals surface area contributed by atoms with Crippen molar-refractivity contribution in [1.82, 2.24) is 9.55 Å². The van der Waals surface area contributed by atoms with Crippen LogP contribution in [0.4, 0.5) is 4.39 Å². The summed E-state index contributed by atoms with van der Waals surface area (Å²) >= 11 is 2.93. The fourth-order valence-electron chi connectivity index (χ4n) is 2.21. The molecule has 6 heteroatoms. The summed E-state index contributed by atoms with van der Waals surface area (Å²) in [5, 5.41) is 3.17. The van der Waals surface area contributed by atoms with Crippen LogP contribution in [0.2, 0.25) is 0 Å². The molecule has 0 aliphatic heterocycles. The minimum Gasteiger partial charge on any atom is -0.290 e. The summed E-state index contributed by atoms with van der Waals surface area (Å²) in [5.41, 5.74) is 2.57. The van der Waals surface area contributed by atoms with Crippen LogP contribution in [0, 0.1) is 5.82 Å². The maximum atomic E-state index is 13.1. The summed E-state index contributed by atoms with van der Waals surface area (Å²) in [6.45, 7) is 5.82. The molecule has 0 amide bonds. The number of halogens is 1. The van der Waals surface area contributed by atoms with Gasteiger partial charge in [0.05, 0.1) is 5.39 Å². The molecule has 118 valence electrons. The van der Waals surface area contributed by atoms with Gasteiger partial charge in [0.25, 0.3) is 5.56 Å². The van der Waals surface area contributed by atoms with Crippen LogP contribution in [0.3, 0.4) is 0 Å². The van der Waals surface area contributed by atoms with Crippen molar-refractivity contribution in [3.63, 3.8) is 0 Å². The Kier molecular flexibility index (Phi) is 4.37. The summed E-state index contributed by atoms with van der Waals surface area (Å²) in [4.78, 5) is 18.0. The third-order valence-electron chi connectivity index (χ3n) is 3.38. The molecule has 0 aliphatic carbocycles. The van der Waals surface area contributed by atoms with Crippen molar-refractivity contribution >= 4 is 33.3 Å². The van der Waals surface area contributed by atoms with Gasteiger partial charge < -0.3 is 0 Å². The average Bonchev–Trinajstić information content (AvgIpc) is 2.94. The van der Waals surface area contributed by atoms with Crippen molar-refractivity contribution in [2.75, 3.05) is 5.75 Å². The molecule has 0 saturated heterocycles. The first-order valence-corrected chi connectivity index (χ1v) is 8.85. The molecule has 0 aliphatic rings. The lowest BCUT2D eigenvalue weighted by atomic mass is 10.1. The summed E-state index contributed by atoms with van der Waals surface area (Å²) < 4.78 is 14.7. The highest BCUT2D eigenvalue weighted by atomic mass is 32.2. The minimum absolute atomic E-state index is 0.0835. The molecular weight excluding hydrogens is 331 g/mol. The Morgan fingerprint density at radius 1 is 1.39 bits per heavy atom. The van der Waals surface area contributed by atoms with Crippen molar-refractivity contribution in [1.29, 1.82) is 0 Å². The SMILES string of the molecule is C=C(C)CSc1nc2scc(-c3ccc(F)cc3)c2c(=O)n1C. The van der Waals surface area contributed by atoms with Crippen LogP contribution in [-0.2, 0) is 7.05 Å². The van der Waals surface area contributed by atoms with Crippen LogP contribution in [-0.4, -0.2) is 15.3 Å². The van der Waals surface area contributed by atoms with Crippen molar-refractivity contribution in [3.8, 4) is 11.1 Å². The summed E-state index contributed by atoms with van der Waals surface area (Å²) in [7, 11) is 1.72. The highest BCUT2D eigenvalue weighted by molar-refractivity contribution is 7.99. The van der Waals surface area contributed by atoms with Gasteiger partial charge in [0.1, 0.15) is 10.6 Å². The van der Waals surface area contributed by atoms with Gasteiger partial charge in [-0.3, -0.25) is 9.36 Å². The number of benzene rings is 1. The van der Waals surface area contributed by atoms with Gasteiger partial charge in [-0.15, -0.1) is 11.3 Å². The van der Waals surface area contributed by atoms with Gasteiger partial charge in [0.2, 0.25) is 0 Å². The van der Waals surface area contributed by atoms with Crippen LogP contribution in [0.25, 0.3) is 21.3 Å². The van der Waals surface area contributed by atoms with Gasteiger partial charge in [-0.1, -0.05) is 36.0 Å². The van der Waals surface area contributed by atoms with Crippen LogP contribution in [0.15, 0.2) is 51.7 Å². The second-order valence-corrected chi connectivity index (χ2v) is 7.14. The molecule has 2 aromatic heterocycles. The van der Waals surface area contributed by atoms with Crippen LogP contribution < -0.4 is 5.56 Å². The zero-order valence-corrected chi connectivity index (χ0v) is 14.4. The lowest BCUT2D eigenvalue weighted by Gasteiger charge is -2.07. The Labute approximate surface area is 141 Å². The van der Waals surface area contributed by atoms with E-state index in [-0.39, 0.29) is 11.4 Å². The molecule has 0 bridgehead atoms.